The number of carbonyl (C=O) groups excluding carboxylic acids is 2. The van der Waals surface area contributed by atoms with Gasteiger partial charge >= 0.3 is 0 Å². The largest absolute Gasteiger partial charge is 0.484 e. The number of para-hydroxylation sites is 1. The maximum atomic E-state index is 12.5. The molecule has 2 N–H and O–H groups in total. The lowest BCUT2D eigenvalue weighted by molar-refractivity contribution is -0.384. The first-order chi connectivity index (χ1) is 16.4. The van der Waals surface area contributed by atoms with Gasteiger partial charge in [0.15, 0.2) is 6.61 Å². The maximum absolute atomic E-state index is 12.5. The van der Waals surface area contributed by atoms with Crippen LogP contribution < -0.4 is 15.4 Å². The Kier molecular flexibility index (Phi) is 7.71. The molecule has 0 fully saturated rings. The highest BCUT2D eigenvalue weighted by molar-refractivity contribution is 6.09. The number of nitrogens with zero attached hydrogens (tertiary/aromatic N) is 2. The van der Waals surface area contributed by atoms with E-state index in [-0.39, 0.29) is 29.5 Å². The third-order valence-electron chi connectivity index (χ3n) is 4.64. The first-order valence-electron chi connectivity index (χ1n) is 10.1. The van der Waals surface area contributed by atoms with Crippen molar-refractivity contribution in [2.24, 2.45) is 0 Å². The molecular weight excluding hydrogens is 436 g/mol. The Labute approximate surface area is 195 Å². The summed E-state index contributed by atoms with van der Waals surface area (Å²) in [6, 6.07) is 21.2. The number of nitro benzene ring substituents is 1. The fraction of sp³-hybridized carbons (Fsp3) is 0.0800. The molecule has 9 nitrogen and oxygen atoms in total. The molecule has 0 radical (unpaired) electrons. The van der Waals surface area contributed by atoms with Crippen LogP contribution in [0.3, 0.4) is 0 Å². The summed E-state index contributed by atoms with van der Waals surface area (Å²) in [6.07, 6.45) is 1.35. The van der Waals surface area contributed by atoms with Gasteiger partial charge in [-0.25, -0.2) is 0 Å². The van der Waals surface area contributed by atoms with E-state index in [1.807, 2.05) is 31.2 Å². The van der Waals surface area contributed by atoms with E-state index >= 15 is 0 Å². The van der Waals surface area contributed by atoms with Gasteiger partial charge in [0.25, 0.3) is 17.5 Å². The zero-order chi connectivity index (χ0) is 24.5. The molecule has 0 aromatic heterocycles. The number of aryl methyl sites for hydroxylation is 1. The number of nitrogens with one attached hydrogen (secondary N) is 2. The lowest BCUT2D eigenvalue weighted by Gasteiger charge is -2.10. The predicted octanol–water partition coefficient (Wildman–Crippen LogP) is 4.47. The van der Waals surface area contributed by atoms with E-state index in [9.17, 15) is 25.0 Å². The standard InChI is InChI=1S/C25H20N4O5/c1-17-6-2-3-11-23(17)28-24(30)16-34-22-10-4-7-18(13-22)12-19(15-26)25(31)27-20-8-5-9-21(14-20)29(32)33/h2-14H,16H2,1H3,(H,27,31)(H,28,30)/b19-12-. The van der Waals surface area contributed by atoms with E-state index in [4.69, 9.17) is 4.74 Å². The molecule has 170 valence electrons. The smallest absolute Gasteiger partial charge is 0.271 e. The second kappa shape index (κ2) is 11.1. The average Bonchev–Trinajstić information content (AvgIpc) is 2.83. The number of rotatable bonds is 8. The molecule has 3 aromatic carbocycles. The monoisotopic (exact) mass is 456 g/mol. The zero-order valence-corrected chi connectivity index (χ0v) is 18.1. The number of hydrogen-bond acceptors (Lipinski definition) is 6. The summed E-state index contributed by atoms with van der Waals surface area (Å²) < 4.78 is 5.54. The van der Waals surface area contributed by atoms with Crippen LogP contribution in [0, 0.1) is 28.4 Å². The summed E-state index contributed by atoms with van der Waals surface area (Å²) in [7, 11) is 0. The molecule has 0 aliphatic carbocycles. The van der Waals surface area contributed by atoms with E-state index in [1.54, 1.807) is 30.3 Å². The van der Waals surface area contributed by atoms with Crippen LogP contribution in [0.15, 0.2) is 78.4 Å². The lowest BCUT2D eigenvalue weighted by Crippen LogP contribution is -2.20. The van der Waals surface area contributed by atoms with Crippen molar-refractivity contribution in [3.8, 4) is 11.8 Å². The molecule has 0 unspecified atom stereocenters. The summed E-state index contributed by atoms with van der Waals surface area (Å²) in [5, 5.41) is 25.6. The fourth-order valence-electron chi connectivity index (χ4n) is 2.95. The van der Waals surface area contributed by atoms with Crippen molar-refractivity contribution in [1.29, 1.82) is 5.26 Å². The minimum absolute atomic E-state index is 0.184. The number of carbonyl (C=O) groups is 2. The summed E-state index contributed by atoms with van der Waals surface area (Å²) in [4.78, 5) is 35.0. The molecule has 3 aromatic rings. The van der Waals surface area contributed by atoms with Crippen LogP contribution in [-0.2, 0) is 9.59 Å². The van der Waals surface area contributed by atoms with E-state index < -0.39 is 10.8 Å². The number of ether oxygens (including phenoxy) is 1. The number of anilines is 2. The maximum Gasteiger partial charge on any atom is 0.271 e. The molecule has 3 rings (SSSR count). The Morgan fingerprint density at radius 2 is 1.82 bits per heavy atom. The molecule has 0 bridgehead atoms. The highest BCUT2D eigenvalue weighted by atomic mass is 16.6. The molecule has 0 saturated heterocycles. The van der Waals surface area contributed by atoms with Crippen molar-refractivity contribution in [2.75, 3.05) is 17.2 Å². The van der Waals surface area contributed by atoms with Crippen LogP contribution in [0.4, 0.5) is 17.1 Å². The Morgan fingerprint density at radius 1 is 1.06 bits per heavy atom. The normalized spacial score (nSPS) is 10.6. The number of benzene rings is 3. The highest BCUT2D eigenvalue weighted by Crippen LogP contribution is 2.20. The summed E-state index contributed by atoms with van der Waals surface area (Å²) in [5.74, 6) is -0.665. The third-order valence-corrected chi connectivity index (χ3v) is 4.64. The van der Waals surface area contributed by atoms with Gasteiger partial charge < -0.3 is 15.4 Å². The Hall–Kier alpha value is -4.97. The molecular formula is C25H20N4O5. The number of nitro groups is 1. The molecule has 0 saturated carbocycles. The van der Waals surface area contributed by atoms with E-state index in [2.05, 4.69) is 10.6 Å². The van der Waals surface area contributed by atoms with Gasteiger partial charge in [0.05, 0.1) is 4.92 Å². The van der Waals surface area contributed by atoms with Crippen LogP contribution in [0.2, 0.25) is 0 Å². The van der Waals surface area contributed by atoms with Crippen molar-refractivity contribution in [3.63, 3.8) is 0 Å². The number of nitriles is 1. The summed E-state index contributed by atoms with van der Waals surface area (Å²) in [6.45, 7) is 1.66. The van der Waals surface area contributed by atoms with Crippen molar-refractivity contribution >= 4 is 35.0 Å². The molecule has 0 aliphatic heterocycles. The number of hydrogen-bond donors (Lipinski definition) is 2. The quantitative estimate of drug-likeness (QED) is 0.222. The SMILES string of the molecule is Cc1ccccc1NC(=O)COc1cccc(/C=C(/C#N)C(=O)Nc2cccc([N+](=O)[O-])c2)c1. The van der Waals surface area contributed by atoms with Crippen molar-refractivity contribution in [3.05, 3.63) is 99.6 Å². The molecule has 2 amide bonds. The van der Waals surface area contributed by atoms with Gasteiger partial charge in [-0.05, 0) is 48.4 Å². The predicted molar refractivity (Wildman–Crippen MR) is 127 cm³/mol. The van der Waals surface area contributed by atoms with Crippen LogP contribution >= 0.6 is 0 Å². The second-order valence-electron chi connectivity index (χ2n) is 7.16. The first-order valence-corrected chi connectivity index (χ1v) is 10.1. The summed E-state index contributed by atoms with van der Waals surface area (Å²) >= 11 is 0. The third kappa shape index (κ3) is 6.51. The van der Waals surface area contributed by atoms with Gasteiger partial charge in [-0.15, -0.1) is 0 Å². The van der Waals surface area contributed by atoms with E-state index in [1.165, 1.54) is 30.3 Å². The number of amides is 2. The minimum atomic E-state index is -0.716. The van der Waals surface area contributed by atoms with Crippen LogP contribution in [0.5, 0.6) is 5.75 Å². The fourth-order valence-corrected chi connectivity index (χ4v) is 2.95. The van der Waals surface area contributed by atoms with Crippen LogP contribution in [0.25, 0.3) is 6.08 Å². The van der Waals surface area contributed by atoms with Crippen molar-refractivity contribution < 1.29 is 19.2 Å². The Bertz CT molecular complexity index is 1310. The van der Waals surface area contributed by atoms with E-state index in [0.717, 1.165) is 5.56 Å². The first kappa shape index (κ1) is 23.7. The molecule has 0 spiro atoms. The van der Waals surface area contributed by atoms with Crippen LogP contribution in [0.1, 0.15) is 11.1 Å². The number of non-ortho nitro benzene ring substituents is 1. The summed E-state index contributed by atoms with van der Waals surface area (Å²) in [5.41, 5.74) is 1.92. The molecule has 0 atom stereocenters. The van der Waals surface area contributed by atoms with Crippen molar-refractivity contribution in [2.45, 2.75) is 6.92 Å². The highest BCUT2D eigenvalue weighted by Gasteiger charge is 2.13. The Balaban J connectivity index is 1.65. The lowest BCUT2D eigenvalue weighted by atomic mass is 10.1. The minimum Gasteiger partial charge on any atom is -0.484 e. The molecule has 0 aliphatic rings. The molecule has 9 heteroatoms. The van der Waals surface area contributed by atoms with Gasteiger partial charge in [-0.1, -0.05) is 36.4 Å². The van der Waals surface area contributed by atoms with Crippen LogP contribution in [-0.4, -0.2) is 23.3 Å². The average molecular weight is 456 g/mol. The van der Waals surface area contributed by atoms with E-state index in [0.29, 0.717) is 17.0 Å². The topological polar surface area (TPSA) is 134 Å². The molecule has 0 heterocycles. The van der Waals surface area contributed by atoms with Gasteiger partial charge in [0.2, 0.25) is 0 Å². The van der Waals surface area contributed by atoms with Gasteiger partial charge in [-0.3, -0.25) is 19.7 Å². The second-order valence-corrected chi connectivity index (χ2v) is 7.16. The Morgan fingerprint density at radius 3 is 2.56 bits per heavy atom. The van der Waals surface area contributed by atoms with Crippen molar-refractivity contribution in [1.82, 2.24) is 0 Å². The van der Waals surface area contributed by atoms with Gasteiger partial charge in [0, 0.05) is 23.5 Å². The molecule has 34 heavy (non-hydrogen) atoms. The van der Waals surface area contributed by atoms with Gasteiger partial charge in [0.1, 0.15) is 17.4 Å². The zero-order valence-electron chi connectivity index (χ0n) is 18.1. The van der Waals surface area contributed by atoms with Gasteiger partial charge in [-0.2, -0.15) is 5.26 Å².